The first-order chi connectivity index (χ1) is 20.3. The number of aromatic hydroxyl groups is 4. The van der Waals surface area contributed by atoms with Gasteiger partial charge in [-0.1, -0.05) is 0 Å². The van der Waals surface area contributed by atoms with Crippen molar-refractivity contribution in [2.24, 2.45) is 0 Å². The summed E-state index contributed by atoms with van der Waals surface area (Å²) in [7, 11) is 0. The van der Waals surface area contributed by atoms with Crippen LogP contribution in [0, 0.1) is 0 Å². The molecule has 2 saturated heterocycles. The Labute approximate surface area is 241 Å². The normalized spacial score (nSPS) is 33.0. The van der Waals surface area contributed by atoms with Gasteiger partial charge in [-0.25, -0.2) is 0 Å². The van der Waals surface area contributed by atoms with Crippen LogP contribution in [-0.4, -0.2) is 119 Å². The Morgan fingerprint density at radius 2 is 1.42 bits per heavy atom. The molecular weight excluding hydrogens is 580 g/mol. The fourth-order valence-electron chi connectivity index (χ4n) is 4.82. The number of fused-ring (bicyclic) bond motifs is 1. The van der Waals surface area contributed by atoms with Crippen molar-refractivity contribution in [3.63, 3.8) is 0 Å². The molecular formula is C27H30O16. The number of hydrogen-bond acceptors (Lipinski definition) is 16. The van der Waals surface area contributed by atoms with Crippen molar-refractivity contribution < 1.29 is 74.4 Å². The number of hydrogen-bond donors (Lipinski definition) is 10. The summed E-state index contributed by atoms with van der Waals surface area (Å²) in [5, 5.41) is 101. The van der Waals surface area contributed by atoms with Gasteiger partial charge in [0.05, 0.1) is 12.7 Å². The van der Waals surface area contributed by atoms with Gasteiger partial charge in [-0.2, -0.15) is 0 Å². The molecule has 16 heteroatoms. The largest absolute Gasteiger partial charge is 0.507 e. The third-order valence-corrected chi connectivity index (χ3v) is 7.32. The topological polar surface area (TPSA) is 269 Å². The zero-order valence-corrected chi connectivity index (χ0v) is 22.3. The van der Waals surface area contributed by atoms with Crippen LogP contribution in [0.1, 0.15) is 6.92 Å². The maximum absolute atomic E-state index is 12.8. The minimum absolute atomic E-state index is 0.00656. The molecule has 0 unspecified atom stereocenters. The number of phenols is 3. The number of phenolic OH excluding ortho intramolecular Hbond substituents is 3. The van der Waals surface area contributed by atoms with Crippen LogP contribution < -0.4 is 10.2 Å². The van der Waals surface area contributed by atoms with Gasteiger partial charge < -0.3 is 74.4 Å². The summed E-state index contributed by atoms with van der Waals surface area (Å²) in [6.45, 7) is 0.897. The predicted octanol–water partition coefficient (Wildman–Crippen LogP) is -1.69. The Kier molecular flexibility index (Phi) is 8.41. The van der Waals surface area contributed by atoms with E-state index < -0.39 is 108 Å². The summed E-state index contributed by atoms with van der Waals surface area (Å²) in [4.78, 5) is 12.8. The SMILES string of the molecule is C[C@@H]1O[C@@H](OC[C@H]2O[C@@H](Oc3cc(O)c4c(=O)c(O)c(-c5ccc(O)c(O)c5)oc4c3)[C@H](O)[C@@H](O)[C@H]2O)[C@H](O)[C@H](O)[C@H]1O. The molecule has 0 aliphatic carbocycles. The number of ether oxygens (including phenoxy) is 4. The van der Waals surface area contributed by atoms with Crippen LogP contribution in [0.3, 0.4) is 0 Å². The Morgan fingerprint density at radius 1 is 0.744 bits per heavy atom. The van der Waals surface area contributed by atoms with Crippen LogP contribution in [-0.2, 0) is 14.2 Å². The van der Waals surface area contributed by atoms with Crippen molar-refractivity contribution in [1.82, 2.24) is 0 Å². The van der Waals surface area contributed by atoms with Crippen molar-refractivity contribution in [2.75, 3.05) is 6.61 Å². The second kappa shape index (κ2) is 11.8. The molecule has 10 atom stereocenters. The third kappa shape index (κ3) is 5.67. The summed E-state index contributed by atoms with van der Waals surface area (Å²) in [5.41, 5.74) is -1.33. The maximum atomic E-state index is 12.8. The smallest absolute Gasteiger partial charge is 0.238 e. The van der Waals surface area contributed by atoms with E-state index in [4.69, 9.17) is 23.4 Å². The van der Waals surface area contributed by atoms with E-state index in [1.165, 1.54) is 13.0 Å². The standard InChI is InChI=1S/C27H30O16/c1-8-17(31)20(34)23(37)26(40-8)39-7-15-18(32)21(35)24(38)27(43-15)41-10-5-13(30)16-14(6-10)42-25(22(36)19(16)33)9-2-3-11(28)12(29)4-9/h2-6,8,15,17-18,20-21,23-24,26-32,34-38H,7H2,1H3/t8-,15+,17-,18-,20+,21-,23+,24+,26+,27+/m0/s1. The molecule has 0 bridgehead atoms. The molecule has 0 saturated carbocycles. The van der Waals surface area contributed by atoms with E-state index in [0.29, 0.717) is 0 Å². The van der Waals surface area contributed by atoms with Gasteiger partial charge in [0.2, 0.25) is 17.5 Å². The lowest BCUT2D eigenvalue weighted by Gasteiger charge is -2.42. The highest BCUT2D eigenvalue weighted by Gasteiger charge is 2.47. The average molecular weight is 611 g/mol. The van der Waals surface area contributed by atoms with E-state index >= 15 is 0 Å². The Hall–Kier alpha value is -3.71. The van der Waals surface area contributed by atoms with Crippen LogP contribution in [0.5, 0.6) is 28.7 Å². The van der Waals surface area contributed by atoms with E-state index in [1.807, 2.05) is 0 Å². The van der Waals surface area contributed by atoms with Crippen molar-refractivity contribution >= 4 is 11.0 Å². The predicted molar refractivity (Wildman–Crippen MR) is 140 cm³/mol. The van der Waals surface area contributed by atoms with Crippen molar-refractivity contribution in [1.29, 1.82) is 0 Å². The van der Waals surface area contributed by atoms with Gasteiger partial charge in [0, 0.05) is 17.7 Å². The highest BCUT2D eigenvalue weighted by Crippen LogP contribution is 2.38. The fraction of sp³-hybridized carbons (Fsp3) is 0.444. The molecule has 0 amide bonds. The van der Waals surface area contributed by atoms with Gasteiger partial charge in [-0.15, -0.1) is 0 Å². The molecule has 3 heterocycles. The monoisotopic (exact) mass is 610 g/mol. The lowest BCUT2D eigenvalue weighted by molar-refractivity contribution is -0.318. The second-order valence-corrected chi connectivity index (χ2v) is 10.3. The molecule has 234 valence electrons. The van der Waals surface area contributed by atoms with Crippen LogP contribution >= 0.6 is 0 Å². The molecule has 2 aliphatic heterocycles. The fourth-order valence-corrected chi connectivity index (χ4v) is 4.82. The lowest BCUT2D eigenvalue weighted by atomic mass is 9.98. The quantitative estimate of drug-likeness (QED) is 0.140. The first kappa shape index (κ1) is 30.7. The maximum Gasteiger partial charge on any atom is 0.238 e. The van der Waals surface area contributed by atoms with Gasteiger partial charge in [-0.3, -0.25) is 4.79 Å². The molecule has 0 spiro atoms. The van der Waals surface area contributed by atoms with E-state index in [1.54, 1.807) is 0 Å². The Balaban J connectivity index is 1.39. The van der Waals surface area contributed by atoms with Gasteiger partial charge >= 0.3 is 0 Å². The molecule has 2 aromatic carbocycles. The van der Waals surface area contributed by atoms with Crippen molar-refractivity contribution in [2.45, 2.75) is 68.3 Å². The Bertz CT molecular complexity index is 1540. The highest BCUT2D eigenvalue weighted by atomic mass is 16.7. The van der Waals surface area contributed by atoms with Gasteiger partial charge in [0.25, 0.3) is 0 Å². The number of aliphatic hydroxyl groups is 6. The van der Waals surface area contributed by atoms with Crippen LogP contribution in [0.2, 0.25) is 0 Å². The minimum atomic E-state index is -1.83. The van der Waals surface area contributed by atoms with Crippen LogP contribution in [0.4, 0.5) is 0 Å². The molecule has 10 N–H and O–H groups in total. The summed E-state index contributed by atoms with van der Waals surface area (Å²) in [6.07, 6.45) is -15.4. The average Bonchev–Trinajstić information content (AvgIpc) is 2.97. The number of rotatable bonds is 6. The van der Waals surface area contributed by atoms with Crippen LogP contribution in [0.15, 0.2) is 39.5 Å². The van der Waals surface area contributed by atoms with Gasteiger partial charge in [0.1, 0.15) is 65.2 Å². The summed E-state index contributed by atoms with van der Waals surface area (Å²) in [5.74, 6) is -3.27. The van der Waals surface area contributed by atoms with E-state index in [9.17, 15) is 55.9 Å². The lowest BCUT2D eigenvalue weighted by Crippen LogP contribution is -2.61. The number of benzene rings is 2. The first-order valence-electron chi connectivity index (χ1n) is 13.0. The highest BCUT2D eigenvalue weighted by molar-refractivity contribution is 5.88. The first-order valence-corrected chi connectivity index (χ1v) is 13.0. The molecule has 0 radical (unpaired) electrons. The molecule has 5 rings (SSSR count). The summed E-state index contributed by atoms with van der Waals surface area (Å²) in [6, 6.07) is 5.44. The summed E-state index contributed by atoms with van der Waals surface area (Å²) < 4.78 is 27.6. The molecule has 1 aromatic heterocycles. The zero-order chi connectivity index (χ0) is 31.3. The van der Waals surface area contributed by atoms with Crippen LogP contribution in [0.25, 0.3) is 22.3 Å². The molecule has 3 aromatic rings. The summed E-state index contributed by atoms with van der Waals surface area (Å²) >= 11 is 0. The van der Waals surface area contributed by atoms with Crippen molar-refractivity contribution in [3.05, 3.63) is 40.6 Å². The second-order valence-electron chi connectivity index (χ2n) is 10.3. The van der Waals surface area contributed by atoms with Gasteiger partial charge in [-0.05, 0) is 25.1 Å². The molecule has 2 fully saturated rings. The minimum Gasteiger partial charge on any atom is -0.507 e. The van der Waals surface area contributed by atoms with E-state index in [0.717, 1.165) is 24.3 Å². The van der Waals surface area contributed by atoms with Gasteiger partial charge in [0.15, 0.2) is 23.5 Å². The molecule has 2 aliphatic rings. The van der Waals surface area contributed by atoms with E-state index in [-0.39, 0.29) is 16.9 Å². The molecule has 43 heavy (non-hydrogen) atoms. The Morgan fingerprint density at radius 3 is 2.12 bits per heavy atom. The van der Waals surface area contributed by atoms with Crippen molar-refractivity contribution in [3.8, 4) is 40.1 Å². The van der Waals surface area contributed by atoms with E-state index in [2.05, 4.69) is 0 Å². The number of aliphatic hydroxyl groups excluding tert-OH is 6. The zero-order valence-electron chi connectivity index (χ0n) is 22.3. The molecule has 16 nitrogen and oxygen atoms in total. The third-order valence-electron chi connectivity index (χ3n) is 7.32.